The normalized spacial score (nSPS) is 33.6. The van der Waals surface area contributed by atoms with E-state index in [1.807, 2.05) is 0 Å². The standard InChI is InChI=1S/C19H26BrN/c1-13-9-14(2)11-15(10-13)16-7-8-21-12-18(16)17-5-3-4-6-19(17)20/h3-6,9,13,15-16,18,21H,7-8,10-12H2,1-2H3. The first-order chi connectivity index (χ1) is 10.1. The van der Waals surface area contributed by atoms with Crippen molar-refractivity contribution in [1.29, 1.82) is 0 Å². The van der Waals surface area contributed by atoms with Crippen LogP contribution in [-0.4, -0.2) is 13.1 Å². The van der Waals surface area contributed by atoms with Gasteiger partial charge < -0.3 is 5.32 Å². The van der Waals surface area contributed by atoms with Crippen molar-refractivity contribution in [3.8, 4) is 0 Å². The second-order valence-electron chi connectivity index (χ2n) is 6.97. The third-order valence-corrected chi connectivity index (χ3v) is 6.00. The van der Waals surface area contributed by atoms with Crippen LogP contribution in [-0.2, 0) is 0 Å². The fourth-order valence-electron chi connectivity index (χ4n) is 4.48. The van der Waals surface area contributed by atoms with Crippen molar-refractivity contribution < 1.29 is 0 Å². The van der Waals surface area contributed by atoms with Gasteiger partial charge in [-0.2, -0.15) is 0 Å². The van der Waals surface area contributed by atoms with Crippen molar-refractivity contribution in [1.82, 2.24) is 5.32 Å². The molecule has 1 fully saturated rings. The fraction of sp³-hybridized carbons (Fsp3) is 0.579. The highest BCUT2D eigenvalue weighted by atomic mass is 79.9. The minimum atomic E-state index is 0.650. The highest BCUT2D eigenvalue weighted by Gasteiger charge is 2.35. The highest BCUT2D eigenvalue weighted by Crippen LogP contribution is 2.43. The van der Waals surface area contributed by atoms with Gasteiger partial charge in [-0.1, -0.05) is 52.7 Å². The Morgan fingerprint density at radius 2 is 2.05 bits per heavy atom. The Kier molecular flexibility index (Phi) is 4.85. The molecule has 1 nitrogen and oxygen atoms in total. The molecule has 1 heterocycles. The molecule has 0 bridgehead atoms. The van der Waals surface area contributed by atoms with Crippen molar-refractivity contribution in [3.63, 3.8) is 0 Å². The summed E-state index contributed by atoms with van der Waals surface area (Å²) in [6.07, 6.45) is 6.46. The molecule has 114 valence electrons. The van der Waals surface area contributed by atoms with Gasteiger partial charge in [0.2, 0.25) is 0 Å². The molecule has 4 unspecified atom stereocenters. The maximum Gasteiger partial charge on any atom is 0.0210 e. The Morgan fingerprint density at radius 3 is 2.81 bits per heavy atom. The van der Waals surface area contributed by atoms with Crippen LogP contribution in [0.4, 0.5) is 0 Å². The molecule has 2 heteroatoms. The summed E-state index contributed by atoms with van der Waals surface area (Å²) in [5.41, 5.74) is 3.10. The van der Waals surface area contributed by atoms with Gasteiger partial charge in [-0.05, 0) is 62.1 Å². The summed E-state index contributed by atoms with van der Waals surface area (Å²) in [5, 5.41) is 3.62. The number of benzene rings is 1. The van der Waals surface area contributed by atoms with Crippen molar-refractivity contribution in [3.05, 3.63) is 46.0 Å². The first-order valence-electron chi connectivity index (χ1n) is 8.27. The molecule has 0 saturated carbocycles. The van der Waals surface area contributed by atoms with Crippen LogP contribution in [0.25, 0.3) is 0 Å². The largest absolute Gasteiger partial charge is 0.316 e. The molecule has 4 atom stereocenters. The molecule has 2 aliphatic rings. The molecule has 1 aromatic carbocycles. The summed E-state index contributed by atoms with van der Waals surface area (Å²) in [6, 6.07) is 8.80. The van der Waals surface area contributed by atoms with Crippen molar-refractivity contribution >= 4 is 15.9 Å². The molecule has 1 N–H and O–H groups in total. The molecule has 21 heavy (non-hydrogen) atoms. The molecule has 0 spiro atoms. The maximum absolute atomic E-state index is 3.77. The molecule has 0 aromatic heterocycles. The van der Waals surface area contributed by atoms with Crippen LogP contribution in [0, 0.1) is 17.8 Å². The maximum atomic E-state index is 3.77. The lowest BCUT2D eigenvalue weighted by Gasteiger charge is -2.41. The zero-order valence-electron chi connectivity index (χ0n) is 13.1. The lowest BCUT2D eigenvalue weighted by Crippen LogP contribution is -2.39. The average Bonchev–Trinajstić information content (AvgIpc) is 2.47. The van der Waals surface area contributed by atoms with Crippen molar-refractivity contribution in [2.75, 3.05) is 13.1 Å². The summed E-state index contributed by atoms with van der Waals surface area (Å²) in [6.45, 7) is 7.00. The number of piperidine rings is 1. The molecule has 1 aliphatic heterocycles. The molecule has 3 rings (SSSR count). The van der Waals surface area contributed by atoms with E-state index in [1.54, 1.807) is 5.57 Å². The second-order valence-corrected chi connectivity index (χ2v) is 7.83. The van der Waals surface area contributed by atoms with Gasteiger partial charge in [-0.15, -0.1) is 0 Å². The number of hydrogen-bond donors (Lipinski definition) is 1. The van der Waals surface area contributed by atoms with E-state index in [0.29, 0.717) is 5.92 Å². The van der Waals surface area contributed by atoms with E-state index in [-0.39, 0.29) is 0 Å². The van der Waals surface area contributed by atoms with Crippen LogP contribution in [0.1, 0.15) is 44.6 Å². The van der Waals surface area contributed by atoms with Crippen molar-refractivity contribution in [2.24, 2.45) is 17.8 Å². The molecular weight excluding hydrogens is 322 g/mol. The summed E-state index contributed by atoms with van der Waals surface area (Å²) in [4.78, 5) is 0. The summed E-state index contributed by atoms with van der Waals surface area (Å²) < 4.78 is 1.28. The highest BCUT2D eigenvalue weighted by molar-refractivity contribution is 9.10. The molecule has 0 amide bonds. The number of halogens is 1. The van der Waals surface area contributed by atoms with E-state index >= 15 is 0 Å². The Morgan fingerprint density at radius 1 is 1.24 bits per heavy atom. The molecule has 0 radical (unpaired) electrons. The summed E-state index contributed by atoms with van der Waals surface area (Å²) >= 11 is 3.77. The van der Waals surface area contributed by atoms with E-state index in [9.17, 15) is 0 Å². The van der Waals surface area contributed by atoms with Gasteiger partial charge in [0.05, 0.1) is 0 Å². The first kappa shape index (κ1) is 15.3. The topological polar surface area (TPSA) is 12.0 Å². The Hall–Kier alpha value is -0.600. The van der Waals surface area contributed by atoms with Gasteiger partial charge in [0.25, 0.3) is 0 Å². The van der Waals surface area contributed by atoms with Gasteiger partial charge in [0, 0.05) is 16.9 Å². The quantitative estimate of drug-likeness (QED) is 0.730. The van der Waals surface area contributed by atoms with Gasteiger partial charge in [-0.3, -0.25) is 0 Å². The fourth-order valence-corrected chi connectivity index (χ4v) is 5.06. The zero-order valence-corrected chi connectivity index (χ0v) is 14.7. The van der Waals surface area contributed by atoms with Gasteiger partial charge >= 0.3 is 0 Å². The zero-order chi connectivity index (χ0) is 14.8. The lowest BCUT2D eigenvalue weighted by atomic mass is 9.68. The van der Waals surface area contributed by atoms with Crippen LogP contribution in [0.2, 0.25) is 0 Å². The number of allylic oxidation sites excluding steroid dienone is 2. The van der Waals surface area contributed by atoms with Crippen LogP contribution >= 0.6 is 15.9 Å². The Balaban J connectivity index is 1.85. The third kappa shape index (κ3) is 3.43. The lowest BCUT2D eigenvalue weighted by molar-refractivity contribution is 0.193. The summed E-state index contributed by atoms with van der Waals surface area (Å²) in [5.74, 6) is 3.07. The Labute approximate surface area is 137 Å². The molecular formula is C19H26BrN. The van der Waals surface area contributed by atoms with E-state index < -0.39 is 0 Å². The second kappa shape index (κ2) is 6.66. The van der Waals surface area contributed by atoms with Crippen molar-refractivity contribution in [2.45, 2.75) is 39.0 Å². The van der Waals surface area contributed by atoms with Crippen LogP contribution in [0.15, 0.2) is 40.4 Å². The molecule has 1 aliphatic carbocycles. The third-order valence-electron chi connectivity index (χ3n) is 5.27. The number of hydrogen-bond acceptors (Lipinski definition) is 1. The van der Waals surface area contributed by atoms with Crippen LogP contribution in [0.3, 0.4) is 0 Å². The molecule has 1 saturated heterocycles. The average molecular weight is 348 g/mol. The van der Waals surface area contributed by atoms with E-state index in [1.165, 1.54) is 35.8 Å². The van der Waals surface area contributed by atoms with Gasteiger partial charge in [0.1, 0.15) is 0 Å². The predicted octanol–water partition coefficient (Wildman–Crippen LogP) is 5.13. The summed E-state index contributed by atoms with van der Waals surface area (Å²) in [7, 11) is 0. The predicted molar refractivity (Wildman–Crippen MR) is 93.5 cm³/mol. The minimum Gasteiger partial charge on any atom is -0.316 e. The minimum absolute atomic E-state index is 0.650. The number of nitrogens with one attached hydrogen (secondary N) is 1. The Bertz CT molecular complexity index is 522. The van der Waals surface area contributed by atoms with Crippen LogP contribution in [0.5, 0.6) is 0 Å². The van der Waals surface area contributed by atoms with E-state index in [4.69, 9.17) is 0 Å². The van der Waals surface area contributed by atoms with Gasteiger partial charge in [0.15, 0.2) is 0 Å². The SMILES string of the molecule is CC1=CC(C)CC(C2CCNCC2c2ccccc2Br)C1. The smallest absolute Gasteiger partial charge is 0.0210 e. The molecule has 1 aromatic rings. The van der Waals surface area contributed by atoms with E-state index in [0.717, 1.165) is 24.3 Å². The van der Waals surface area contributed by atoms with E-state index in [2.05, 4.69) is 65.4 Å². The van der Waals surface area contributed by atoms with Crippen LogP contribution < -0.4 is 5.32 Å². The van der Waals surface area contributed by atoms with Gasteiger partial charge in [-0.25, -0.2) is 0 Å². The monoisotopic (exact) mass is 347 g/mol. The number of rotatable bonds is 2. The first-order valence-corrected chi connectivity index (χ1v) is 9.07.